The average molecular weight is 1070 g/mol. The molecule has 3 atom stereocenters. The Bertz CT molecular complexity index is 1580. The van der Waals surface area contributed by atoms with Crippen LogP contribution in [0.3, 0.4) is 0 Å². The molecular formula is C55H102N6O14. The fourth-order valence-electron chi connectivity index (χ4n) is 6.72. The molecule has 0 aromatic carbocycles. The summed E-state index contributed by atoms with van der Waals surface area (Å²) >= 11 is 0. The standard InChI is InChI=1S/C25H47NO4.C20H37NO7.C7H10N2O.C3H8N2O2/c1-3-5-6-7-8-9-10-11-12-13-14-15-16-17-23(27)21-22(25(29)30)18-19-24(28)26-20-4-2;1-17(18(2)22)7-4-5-9-21-20(24)16-28-14-13-26-10-6-8-19(23)15-27-12-11-25-3;1-6(10)2-3-7-4-8-5-9-7;4-2(1-6)3(5)7/h22H,3-21H2,1-2H3,(H,26,28)(H,29,30);17H,4-16H2,1-3H3,(H,21,24);4-5H,2-3H2,1H3,(H,8,9);2,6H,1,4H2,(H2,5,7)/t22-;17-;;2-/m10.0/s1. The van der Waals surface area contributed by atoms with Crippen LogP contribution in [0.15, 0.2) is 12.5 Å². The van der Waals surface area contributed by atoms with Crippen molar-refractivity contribution >= 4 is 46.8 Å². The Balaban J connectivity index is -0.00000105. The first-order valence-corrected chi connectivity index (χ1v) is 27.6. The number of nitrogens with zero attached hydrogens (tertiary/aromatic N) is 1. The Morgan fingerprint density at radius 3 is 1.75 bits per heavy atom. The Hall–Kier alpha value is -4.47. The third kappa shape index (κ3) is 57.1. The van der Waals surface area contributed by atoms with Gasteiger partial charge in [-0.3, -0.25) is 33.6 Å². The van der Waals surface area contributed by atoms with E-state index in [1.54, 1.807) is 33.5 Å². The van der Waals surface area contributed by atoms with E-state index in [9.17, 15) is 43.5 Å². The molecule has 0 unspecified atom stereocenters. The van der Waals surface area contributed by atoms with Crippen LogP contribution in [0.2, 0.25) is 0 Å². The van der Waals surface area contributed by atoms with Gasteiger partial charge in [-0.05, 0) is 58.8 Å². The SMILES string of the molecule is CC(=O)CCc1cnc[nH]1.CCCCCCCCCCCCCCCC(=O)C[C@@H](CCC(=O)NCCC)C(=O)O.COCCOCC(=O)CCCOCCOCC(=O)NCCCC[C@H](C)C(C)=O.NC(=O)[C@@H](N)CO. The minimum absolute atomic E-state index is 0.00447. The van der Waals surface area contributed by atoms with Crippen LogP contribution < -0.4 is 22.1 Å². The maximum absolute atomic E-state index is 12.1. The van der Waals surface area contributed by atoms with Gasteiger partial charge < -0.3 is 61.0 Å². The maximum Gasteiger partial charge on any atom is 0.306 e. The highest BCUT2D eigenvalue weighted by molar-refractivity contribution is 5.84. The topological polar surface area (TPSA) is 319 Å². The van der Waals surface area contributed by atoms with E-state index in [2.05, 4.69) is 33.3 Å². The fourth-order valence-corrected chi connectivity index (χ4v) is 6.72. The average Bonchev–Trinajstić information content (AvgIpc) is 3.91. The highest BCUT2D eigenvalue weighted by Gasteiger charge is 2.22. The number of carbonyl (C=O) groups excluding carboxylic acids is 7. The van der Waals surface area contributed by atoms with Gasteiger partial charge in [-0.1, -0.05) is 104 Å². The summed E-state index contributed by atoms with van der Waals surface area (Å²) in [6.45, 7) is 12.4. The van der Waals surface area contributed by atoms with E-state index < -0.39 is 23.8 Å². The molecule has 20 nitrogen and oxygen atoms in total. The number of H-pyrrole nitrogens is 1. The zero-order chi connectivity index (χ0) is 56.7. The molecule has 0 aliphatic heterocycles. The predicted molar refractivity (Wildman–Crippen MR) is 291 cm³/mol. The molecule has 1 aromatic heterocycles. The zero-order valence-corrected chi connectivity index (χ0v) is 47.0. The minimum atomic E-state index is -0.975. The van der Waals surface area contributed by atoms with Crippen molar-refractivity contribution in [1.29, 1.82) is 0 Å². The summed E-state index contributed by atoms with van der Waals surface area (Å²) in [4.78, 5) is 96.5. The first-order chi connectivity index (χ1) is 35.9. The first-order valence-electron chi connectivity index (χ1n) is 27.6. The molecule has 0 aliphatic rings. The number of aromatic amines is 1. The molecular weight excluding hydrogens is 969 g/mol. The van der Waals surface area contributed by atoms with Crippen LogP contribution in [0, 0.1) is 11.8 Å². The number of ether oxygens (including phenoxy) is 4. The molecule has 0 aliphatic carbocycles. The summed E-state index contributed by atoms with van der Waals surface area (Å²) in [5.74, 6) is -2.11. The van der Waals surface area contributed by atoms with Gasteiger partial charge in [-0.25, -0.2) is 4.98 Å². The van der Waals surface area contributed by atoms with Crippen LogP contribution in [0.5, 0.6) is 0 Å². The summed E-state index contributed by atoms with van der Waals surface area (Å²) < 4.78 is 20.6. The van der Waals surface area contributed by atoms with Crippen molar-refractivity contribution in [1.82, 2.24) is 20.6 Å². The van der Waals surface area contributed by atoms with Gasteiger partial charge in [0, 0.05) is 76.7 Å². The number of aliphatic hydroxyl groups excluding tert-OH is 1. The van der Waals surface area contributed by atoms with Gasteiger partial charge in [0.25, 0.3) is 0 Å². The number of hydrogen-bond donors (Lipinski definition) is 7. The fraction of sp³-hybridized carbons (Fsp3) is 0.800. The van der Waals surface area contributed by atoms with E-state index in [1.165, 1.54) is 64.2 Å². The van der Waals surface area contributed by atoms with Crippen LogP contribution in [-0.2, 0) is 63.7 Å². The van der Waals surface area contributed by atoms with E-state index >= 15 is 0 Å². The van der Waals surface area contributed by atoms with Crippen molar-refractivity contribution in [3.05, 3.63) is 18.2 Å². The van der Waals surface area contributed by atoms with Crippen molar-refractivity contribution in [2.45, 2.75) is 201 Å². The van der Waals surface area contributed by atoms with Crippen LogP contribution in [-0.4, -0.2) is 146 Å². The van der Waals surface area contributed by atoms with Crippen molar-refractivity contribution in [2.24, 2.45) is 23.3 Å². The molecule has 20 heteroatoms. The Morgan fingerprint density at radius 2 is 1.23 bits per heavy atom. The van der Waals surface area contributed by atoms with Crippen LogP contribution in [0.25, 0.3) is 0 Å². The summed E-state index contributed by atoms with van der Waals surface area (Å²) in [5.41, 5.74) is 10.5. The third-order valence-electron chi connectivity index (χ3n) is 11.7. The lowest BCUT2D eigenvalue weighted by molar-refractivity contribution is -0.144. The monoisotopic (exact) mass is 1070 g/mol. The van der Waals surface area contributed by atoms with E-state index in [0.29, 0.717) is 71.8 Å². The number of aromatic nitrogens is 2. The number of amides is 3. The molecule has 0 saturated carbocycles. The second-order valence-electron chi connectivity index (χ2n) is 18.8. The Morgan fingerprint density at radius 1 is 0.653 bits per heavy atom. The molecule has 0 bridgehead atoms. The van der Waals surface area contributed by atoms with Gasteiger partial charge in [0.2, 0.25) is 17.7 Å². The smallest absolute Gasteiger partial charge is 0.306 e. The van der Waals surface area contributed by atoms with Gasteiger partial charge in [0.05, 0.1) is 45.3 Å². The summed E-state index contributed by atoms with van der Waals surface area (Å²) in [7, 11) is 1.58. The normalized spacial score (nSPS) is 11.8. The highest BCUT2D eigenvalue weighted by Crippen LogP contribution is 2.17. The number of carboxylic acid groups (broad SMARTS) is 1. The van der Waals surface area contributed by atoms with E-state index in [-0.39, 0.29) is 79.9 Å². The molecule has 1 heterocycles. The number of aliphatic hydroxyl groups is 1. The lowest BCUT2D eigenvalue weighted by Gasteiger charge is -2.11. The second kappa shape index (κ2) is 55.8. The number of hydrogen-bond acceptors (Lipinski definition) is 15. The Labute approximate surface area is 449 Å². The number of ketones is 4. The number of Topliss-reactive ketones (excluding diaryl/α,β-unsaturated/α-hetero) is 4. The Kier molecular flexibility index (Phi) is 55.6. The van der Waals surface area contributed by atoms with Crippen LogP contribution in [0.4, 0.5) is 0 Å². The molecule has 436 valence electrons. The number of imidazole rings is 1. The van der Waals surface area contributed by atoms with E-state index in [0.717, 1.165) is 57.1 Å². The molecule has 0 fully saturated rings. The van der Waals surface area contributed by atoms with E-state index in [4.69, 9.17) is 29.8 Å². The van der Waals surface area contributed by atoms with Crippen LogP contribution >= 0.6 is 0 Å². The number of unbranched alkanes of at least 4 members (excludes halogenated alkanes) is 13. The second-order valence-corrected chi connectivity index (χ2v) is 18.8. The number of methoxy groups -OCH3 is 1. The van der Waals surface area contributed by atoms with Crippen molar-refractivity contribution in [3.8, 4) is 0 Å². The predicted octanol–water partition coefficient (Wildman–Crippen LogP) is 6.70. The lowest BCUT2D eigenvalue weighted by atomic mass is 9.94. The molecule has 0 radical (unpaired) electrons. The van der Waals surface area contributed by atoms with Gasteiger partial charge >= 0.3 is 5.97 Å². The highest BCUT2D eigenvalue weighted by atomic mass is 16.5. The van der Waals surface area contributed by atoms with Crippen LogP contribution in [0.1, 0.15) is 194 Å². The number of carbonyl (C=O) groups is 8. The molecule has 1 aromatic rings. The summed E-state index contributed by atoms with van der Waals surface area (Å²) in [6, 6.07) is -0.903. The van der Waals surface area contributed by atoms with Gasteiger partial charge in [0.15, 0.2) is 5.78 Å². The first kappa shape index (κ1) is 74.8. The molecule has 9 N–H and O–H groups in total. The number of primary amides is 1. The molecule has 0 spiro atoms. The molecule has 0 saturated heterocycles. The van der Waals surface area contributed by atoms with Crippen molar-refractivity contribution in [3.63, 3.8) is 0 Å². The van der Waals surface area contributed by atoms with Gasteiger partial charge in [-0.15, -0.1) is 0 Å². The lowest BCUT2D eigenvalue weighted by Crippen LogP contribution is -2.39. The number of carboxylic acids is 1. The number of rotatable bonds is 47. The quantitative estimate of drug-likeness (QED) is 0.0334. The van der Waals surface area contributed by atoms with Crippen molar-refractivity contribution in [2.75, 3.05) is 73.1 Å². The third-order valence-corrected chi connectivity index (χ3v) is 11.7. The largest absolute Gasteiger partial charge is 0.481 e. The van der Waals surface area contributed by atoms with Gasteiger partial charge in [0.1, 0.15) is 36.6 Å². The molecule has 1 rings (SSSR count). The van der Waals surface area contributed by atoms with Crippen molar-refractivity contribution < 1.29 is 67.5 Å². The number of aryl methyl sites for hydroxylation is 1. The minimum Gasteiger partial charge on any atom is -0.481 e. The summed E-state index contributed by atoms with van der Waals surface area (Å²) in [5, 5.41) is 22.9. The zero-order valence-electron chi connectivity index (χ0n) is 47.0. The number of nitrogens with two attached hydrogens (primary N) is 2. The maximum atomic E-state index is 12.1. The van der Waals surface area contributed by atoms with E-state index in [1.807, 2.05) is 13.8 Å². The number of aliphatic carboxylic acids is 1. The number of nitrogens with one attached hydrogen (secondary N) is 3. The summed E-state index contributed by atoms with van der Waals surface area (Å²) in [6.07, 6.45) is 26.6. The van der Waals surface area contributed by atoms with Gasteiger partial charge in [-0.2, -0.15) is 0 Å². The molecule has 75 heavy (non-hydrogen) atoms. The molecule has 3 amide bonds.